The molecule has 49 heavy (non-hydrogen) atoms. The summed E-state index contributed by atoms with van der Waals surface area (Å²) in [5.41, 5.74) is 4.33. The largest absolute Gasteiger partial charge is 0.508 e. The first-order valence-electron chi connectivity index (χ1n) is 16.6. The van der Waals surface area contributed by atoms with Crippen molar-refractivity contribution in [2.45, 2.75) is 60.9 Å². The van der Waals surface area contributed by atoms with Gasteiger partial charge in [-0.25, -0.2) is 0 Å². The highest BCUT2D eigenvalue weighted by molar-refractivity contribution is 8.77. The van der Waals surface area contributed by atoms with Crippen LogP contribution in [-0.2, 0) is 0 Å². The number of phenolic OH excluding ortho intramolecular Hbond substituents is 3. The molecule has 0 radical (unpaired) electrons. The lowest BCUT2D eigenvalue weighted by molar-refractivity contribution is 0.00263. The third-order valence-electron chi connectivity index (χ3n) is 10.5. The van der Waals surface area contributed by atoms with Crippen LogP contribution in [0.4, 0.5) is 0 Å². The molecule has 0 spiro atoms. The second-order valence-electron chi connectivity index (χ2n) is 13.1. The third-order valence-corrected chi connectivity index (χ3v) is 13.2. The van der Waals surface area contributed by atoms with E-state index in [2.05, 4.69) is 12.2 Å². The Bertz CT molecular complexity index is 1740. The lowest BCUT2D eigenvalue weighted by Crippen LogP contribution is -2.38. The molecule has 12 heteroatoms. The lowest BCUT2D eigenvalue weighted by atomic mass is 9.65. The molecule has 4 bridgehead atoms. The number of fused-ring (bicyclic) bond motifs is 6. The number of ether oxygens (including phenoxy) is 4. The number of allylic oxidation sites excluding steroid dienone is 1. The molecule has 0 aromatic heterocycles. The Kier molecular flexibility index (Phi) is 9.77. The standard InChI is InChI=1S/C37H42O10S2/c1-44-29-14-24(33(41)37(45-2)35(29)43)36-34(42)26-17-48-49-20-5-3-4-18(12-20)6-8-21-23-13-19(40)7-9-22(23)30-27(46-11-10-38)15-28(47-36)31(26)32(30)25(21)16-39/h3,5,7,9,13-15,18,20-21,25-26,34,36,38-43H,4,6,8,10-12,16-17H2,1-2H3/t18-,20+,21-,25-,26+,34+,36-/m0/s1. The van der Waals surface area contributed by atoms with Crippen molar-refractivity contribution >= 4 is 21.6 Å². The molecule has 3 aromatic rings. The Hall–Kier alpha value is -3.42. The fraction of sp³-hybridized carbons (Fsp3) is 0.459. The highest BCUT2D eigenvalue weighted by Crippen LogP contribution is 2.61. The second kappa shape index (κ2) is 14.1. The van der Waals surface area contributed by atoms with Crippen LogP contribution in [0.1, 0.15) is 71.8 Å². The smallest absolute Gasteiger partial charge is 0.207 e. The molecule has 3 aromatic carbocycles. The number of methoxy groups -OCH3 is 2. The topological polar surface area (TPSA) is 158 Å². The van der Waals surface area contributed by atoms with Crippen molar-refractivity contribution in [3.8, 4) is 51.4 Å². The van der Waals surface area contributed by atoms with Gasteiger partial charge in [0.1, 0.15) is 30.0 Å². The van der Waals surface area contributed by atoms with Gasteiger partial charge in [-0.1, -0.05) is 39.8 Å². The van der Waals surface area contributed by atoms with E-state index in [9.17, 15) is 30.6 Å². The summed E-state index contributed by atoms with van der Waals surface area (Å²) in [6.45, 7) is -0.398. The highest BCUT2D eigenvalue weighted by atomic mass is 33.1. The molecular formula is C37H42O10S2. The quantitative estimate of drug-likeness (QED) is 0.124. The van der Waals surface area contributed by atoms with Gasteiger partial charge in [0.05, 0.1) is 27.4 Å². The van der Waals surface area contributed by atoms with E-state index in [1.54, 1.807) is 39.8 Å². The van der Waals surface area contributed by atoms with Crippen LogP contribution >= 0.6 is 21.6 Å². The number of hydrogen-bond acceptors (Lipinski definition) is 12. The highest BCUT2D eigenvalue weighted by Gasteiger charge is 2.47. The van der Waals surface area contributed by atoms with Crippen molar-refractivity contribution in [3.05, 3.63) is 64.7 Å². The van der Waals surface area contributed by atoms with Crippen molar-refractivity contribution in [1.82, 2.24) is 0 Å². The van der Waals surface area contributed by atoms with Gasteiger partial charge < -0.3 is 49.6 Å². The van der Waals surface area contributed by atoms with Crippen LogP contribution in [0.5, 0.6) is 40.2 Å². The average Bonchev–Trinajstić information content (AvgIpc) is 3.10. The molecule has 262 valence electrons. The Balaban J connectivity index is 1.48. The molecule has 0 fully saturated rings. The van der Waals surface area contributed by atoms with Gasteiger partial charge >= 0.3 is 0 Å². The van der Waals surface area contributed by atoms with Crippen molar-refractivity contribution in [2.24, 2.45) is 5.92 Å². The summed E-state index contributed by atoms with van der Waals surface area (Å²) in [6, 6.07) is 8.53. The van der Waals surface area contributed by atoms with Gasteiger partial charge in [-0.05, 0) is 72.4 Å². The van der Waals surface area contributed by atoms with Crippen LogP contribution in [0.2, 0.25) is 0 Å². The first-order valence-corrected chi connectivity index (χ1v) is 19.0. The van der Waals surface area contributed by atoms with Crippen LogP contribution in [0, 0.1) is 5.92 Å². The predicted octanol–water partition coefficient (Wildman–Crippen LogP) is 6.12. The van der Waals surface area contributed by atoms with Gasteiger partial charge in [-0.15, -0.1) is 0 Å². The van der Waals surface area contributed by atoms with Gasteiger partial charge in [0.2, 0.25) is 11.5 Å². The second-order valence-corrected chi connectivity index (χ2v) is 15.8. The van der Waals surface area contributed by atoms with E-state index in [0.717, 1.165) is 53.5 Å². The molecule has 7 rings (SSSR count). The summed E-state index contributed by atoms with van der Waals surface area (Å²) in [6.07, 6.45) is 6.04. The van der Waals surface area contributed by atoms with E-state index in [-0.39, 0.29) is 60.0 Å². The monoisotopic (exact) mass is 710 g/mol. The van der Waals surface area contributed by atoms with Crippen LogP contribution in [0.3, 0.4) is 0 Å². The maximum absolute atomic E-state index is 12.3. The molecule has 2 aliphatic carbocycles. The number of aliphatic hydroxyl groups excluding tert-OH is 3. The number of rotatable bonds is 7. The number of phenols is 3. The zero-order chi connectivity index (χ0) is 34.4. The van der Waals surface area contributed by atoms with Crippen molar-refractivity contribution in [2.75, 3.05) is 39.8 Å². The van der Waals surface area contributed by atoms with Gasteiger partial charge in [0.25, 0.3) is 0 Å². The molecule has 0 saturated heterocycles. The Morgan fingerprint density at radius 1 is 0.918 bits per heavy atom. The molecule has 0 unspecified atom stereocenters. The zero-order valence-corrected chi connectivity index (χ0v) is 29.0. The normalized spacial score (nSPS) is 27.1. The van der Waals surface area contributed by atoms with Crippen molar-refractivity contribution in [3.63, 3.8) is 0 Å². The Morgan fingerprint density at radius 2 is 1.76 bits per heavy atom. The first-order chi connectivity index (χ1) is 23.8. The van der Waals surface area contributed by atoms with Gasteiger partial charge in [-0.2, -0.15) is 0 Å². The first kappa shape index (κ1) is 34.0. The minimum atomic E-state index is -1.17. The molecule has 0 amide bonds. The third kappa shape index (κ3) is 5.95. The maximum atomic E-state index is 12.3. The minimum absolute atomic E-state index is 0.0110. The summed E-state index contributed by atoms with van der Waals surface area (Å²) in [5, 5.41) is 66.4. The van der Waals surface area contributed by atoms with Crippen LogP contribution < -0.4 is 18.9 Å². The summed E-state index contributed by atoms with van der Waals surface area (Å²) in [7, 11) is 6.18. The van der Waals surface area contributed by atoms with E-state index >= 15 is 0 Å². The van der Waals surface area contributed by atoms with Gasteiger partial charge in [0, 0.05) is 45.6 Å². The van der Waals surface area contributed by atoms with Gasteiger partial charge in [-0.3, -0.25) is 0 Å². The minimum Gasteiger partial charge on any atom is -0.508 e. The zero-order valence-electron chi connectivity index (χ0n) is 27.4. The molecule has 6 N–H and O–H groups in total. The summed E-state index contributed by atoms with van der Waals surface area (Å²) in [5.74, 6) is 0.0263. The van der Waals surface area contributed by atoms with Crippen LogP contribution in [0.25, 0.3) is 11.1 Å². The lowest BCUT2D eigenvalue weighted by Gasteiger charge is -2.43. The predicted molar refractivity (Wildman–Crippen MR) is 189 cm³/mol. The molecule has 2 heterocycles. The Morgan fingerprint density at radius 3 is 2.51 bits per heavy atom. The number of benzene rings is 3. The van der Waals surface area contributed by atoms with Crippen LogP contribution in [-0.4, -0.2) is 81.8 Å². The molecule has 7 atom stereocenters. The van der Waals surface area contributed by atoms with E-state index in [1.165, 1.54) is 20.3 Å². The molecular weight excluding hydrogens is 669 g/mol. The van der Waals surface area contributed by atoms with E-state index in [1.807, 2.05) is 6.07 Å². The van der Waals surface area contributed by atoms with E-state index < -0.39 is 24.0 Å². The Labute approximate surface area is 293 Å². The van der Waals surface area contributed by atoms with Crippen LogP contribution in [0.15, 0.2) is 42.5 Å². The molecule has 2 aliphatic heterocycles. The number of hydrogen-bond donors (Lipinski definition) is 6. The fourth-order valence-electron chi connectivity index (χ4n) is 8.22. The van der Waals surface area contributed by atoms with Gasteiger partial charge in [0.15, 0.2) is 17.6 Å². The maximum Gasteiger partial charge on any atom is 0.207 e. The molecule has 10 nitrogen and oxygen atoms in total. The van der Waals surface area contributed by atoms with Crippen molar-refractivity contribution < 1.29 is 49.6 Å². The summed E-state index contributed by atoms with van der Waals surface area (Å²) in [4.78, 5) is 0. The van der Waals surface area contributed by atoms with E-state index in [4.69, 9.17) is 18.9 Å². The molecule has 4 aliphatic rings. The number of aliphatic hydroxyl groups is 3. The SMILES string of the molecule is COc1cc([C@@H]2Oc3cc(OCCO)c4c5c3[C@@H](CSS[C@@H]3C=CC[C@@H](CC[C@@H](c6cc(O)ccc6-4)[C@@H]5CO)C3)[C@H]2O)c(O)c(OC)c1O. The summed E-state index contributed by atoms with van der Waals surface area (Å²) >= 11 is 0. The number of aromatic hydroxyl groups is 3. The molecule has 0 saturated carbocycles. The average molecular weight is 711 g/mol. The fourth-order valence-corrected chi connectivity index (χ4v) is 11.1. The van der Waals surface area contributed by atoms with Crippen molar-refractivity contribution in [1.29, 1.82) is 0 Å². The summed E-state index contributed by atoms with van der Waals surface area (Å²) < 4.78 is 23.6. The van der Waals surface area contributed by atoms with E-state index in [0.29, 0.717) is 28.4 Å².